The molecule has 0 radical (unpaired) electrons. The van der Waals surface area contributed by atoms with Crippen molar-refractivity contribution in [2.24, 2.45) is 5.41 Å². The molecule has 0 N–H and O–H groups in total. The first-order chi connectivity index (χ1) is 12.2. The highest BCUT2D eigenvalue weighted by Crippen LogP contribution is 2.54. The third-order valence-electron chi connectivity index (χ3n) is 5.99. The van der Waals surface area contributed by atoms with Gasteiger partial charge in [-0.1, -0.05) is 27.2 Å². The molecular formula is C19H26N2O4S. The number of carbonyl (C=O) groups is 4. The monoisotopic (exact) mass is 378 g/mol. The van der Waals surface area contributed by atoms with Gasteiger partial charge < -0.3 is 0 Å². The largest absolute Gasteiger partial charge is 0.280 e. The number of imide groups is 2. The van der Waals surface area contributed by atoms with Gasteiger partial charge in [0, 0.05) is 36.4 Å². The number of carbonyl (C=O) groups excluding carboxylic acids is 4. The molecule has 0 bridgehead atoms. The second kappa shape index (κ2) is 6.83. The Labute approximate surface area is 158 Å². The van der Waals surface area contributed by atoms with Crippen molar-refractivity contribution in [3.05, 3.63) is 12.2 Å². The van der Waals surface area contributed by atoms with Crippen LogP contribution in [0.15, 0.2) is 12.2 Å². The van der Waals surface area contributed by atoms with Crippen LogP contribution in [0.5, 0.6) is 0 Å². The predicted octanol–water partition coefficient (Wildman–Crippen LogP) is 2.13. The first kappa shape index (κ1) is 19.1. The number of hydrogen-bond acceptors (Lipinski definition) is 5. The van der Waals surface area contributed by atoms with Crippen LogP contribution in [0, 0.1) is 5.41 Å². The normalized spacial score (nSPS) is 34.7. The molecule has 1 saturated heterocycles. The lowest BCUT2D eigenvalue weighted by molar-refractivity contribution is -0.142. The molecule has 7 heteroatoms. The van der Waals surface area contributed by atoms with Crippen molar-refractivity contribution in [1.82, 2.24) is 9.80 Å². The standard InChI is InChI=1S/C19H26N2O4S/c1-4-18(2)7-8-19(3,12-18)26-13-11-16(24)21(17(13)25)10-9-20-14(22)5-6-15(20)23/h5-6,13H,4,7-12H2,1-3H3. The zero-order valence-electron chi connectivity index (χ0n) is 15.6. The highest BCUT2D eigenvalue weighted by molar-refractivity contribution is 8.02. The Bertz CT molecular complexity index is 673. The molecule has 3 rings (SSSR count). The first-order valence-corrected chi connectivity index (χ1v) is 10.1. The zero-order chi connectivity index (χ0) is 19.1. The number of thioether (sulfide) groups is 1. The minimum atomic E-state index is -0.391. The summed E-state index contributed by atoms with van der Waals surface area (Å²) < 4.78 is 0.0200. The summed E-state index contributed by atoms with van der Waals surface area (Å²) in [4.78, 5) is 50.5. The summed E-state index contributed by atoms with van der Waals surface area (Å²) in [5.74, 6) is -1.17. The van der Waals surface area contributed by atoms with Crippen molar-refractivity contribution in [2.75, 3.05) is 13.1 Å². The Morgan fingerprint density at radius 2 is 1.65 bits per heavy atom. The van der Waals surface area contributed by atoms with Gasteiger partial charge in [-0.3, -0.25) is 29.0 Å². The van der Waals surface area contributed by atoms with E-state index in [2.05, 4.69) is 20.8 Å². The number of likely N-dealkylation sites (tertiary alicyclic amines) is 1. The second-order valence-electron chi connectivity index (χ2n) is 8.15. The van der Waals surface area contributed by atoms with E-state index in [9.17, 15) is 19.2 Å². The highest BCUT2D eigenvalue weighted by Gasteiger charge is 2.47. The van der Waals surface area contributed by atoms with E-state index in [1.807, 2.05) is 0 Å². The molecule has 3 atom stereocenters. The molecule has 1 aliphatic carbocycles. The third-order valence-corrected chi connectivity index (χ3v) is 7.56. The summed E-state index contributed by atoms with van der Waals surface area (Å²) in [6.07, 6.45) is 7.02. The van der Waals surface area contributed by atoms with E-state index >= 15 is 0 Å². The van der Waals surface area contributed by atoms with Crippen LogP contribution in [0.25, 0.3) is 0 Å². The number of hydrogen-bond donors (Lipinski definition) is 0. The van der Waals surface area contributed by atoms with Crippen LogP contribution >= 0.6 is 11.8 Å². The van der Waals surface area contributed by atoms with Crippen LogP contribution in [0.3, 0.4) is 0 Å². The van der Waals surface area contributed by atoms with E-state index in [0.29, 0.717) is 5.41 Å². The van der Waals surface area contributed by atoms with E-state index in [-0.39, 0.29) is 41.3 Å². The summed E-state index contributed by atoms with van der Waals surface area (Å²) in [5, 5.41) is -0.352. The van der Waals surface area contributed by atoms with Crippen LogP contribution in [-0.2, 0) is 19.2 Å². The van der Waals surface area contributed by atoms with Gasteiger partial charge in [-0.05, 0) is 24.7 Å². The van der Waals surface area contributed by atoms with Crippen LogP contribution < -0.4 is 0 Å². The quantitative estimate of drug-likeness (QED) is 0.662. The third kappa shape index (κ3) is 3.59. The number of nitrogens with zero attached hydrogens (tertiary/aromatic N) is 2. The van der Waals surface area contributed by atoms with Gasteiger partial charge in [0.25, 0.3) is 11.8 Å². The van der Waals surface area contributed by atoms with Gasteiger partial charge in [0.05, 0.1) is 5.25 Å². The molecule has 0 aromatic heterocycles. The van der Waals surface area contributed by atoms with Gasteiger partial charge >= 0.3 is 0 Å². The van der Waals surface area contributed by atoms with Crippen molar-refractivity contribution in [1.29, 1.82) is 0 Å². The molecule has 0 aromatic carbocycles. The number of rotatable bonds is 6. The molecule has 1 saturated carbocycles. The maximum atomic E-state index is 12.7. The minimum absolute atomic E-state index is 0.0200. The Morgan fingerprint density at radius 3 is 2.23 bits per heavy atom. The van der Waals surface area contributed by atoms with Crippen molar-refractivity contribution < 1.29 is 19.2 Å². The average molecular weight is 378 g/mol. The van der Waals surface area contributed by atoms with Gasteiger partial charge in [-0.25, -0.2) is 0 Å². The topological polar surface area (TPSA) is 74.8 Å². The molecule has 3 aliphatic rings. The summed E-state index contributed by atoms with van der Waals surface area (Å²) in [6.45, 7) is 6.84. The molecule has 2 heterocycles. The maximum absolute atomic E-state index is 12.7. The molecule has 0 spiro atoms. The van der Waals surface area contributed by atoms with Gasteiger partial charge in [-0.15, -0.1) is 11.8 Å². The second-order valence-corrected chi connectivity index (χ2v) is 9.94. The molecular weight excluding hydrogens is 352 g/mol. The molecule has 0 aromatic rings. The minimum Gasteiger partial charge on any atom is -0.280 e. The molecule has 2 aliphatic heterocycles. The summed E-state index contributed by atoms with van der Waals surface area (Å²) in [7, 11) is 0. The maximum Gasteiger partial charge on any atom is 0.253 e. The van der Waals surface area contributed by atoms with Crippen LogP contribution in [0.2, 0.25) is 0 Å². The predicted molar refractivity (Wildman–Crippen MR) is 99.2 cm³/mol. The fraction of sp³-hybridized carbons (Fsp3) is 0.684. The molecule has 3 unspecified atom stereocenters. The summed E-state index contributed by atoms with van der Waals surface area (Å²) in [6, 6.07) is 0. The van der Waals surface area contributed by atoms with E-state index in [1.54, 1.807) is 11.8 Å². The lowest BCUT2D eigenvalue weighted by Gasteiger charge is -2.29. The Morgan fingerprint density at radius 1 is 1.04 bits per heavy atom. The van der Waals surface area contributed by atoms with Crippen LogP contribution in [0.1, 0.15) is 52.9 Å². The smallest absolute Gasteiger partial charge is 0.253 e. The zero-order valence-corrected chi connectivity index (χ0v) is 16.4. The Hall–Kier alpha value is -1.63. The average Bonchev–Trinajstić information content (AvgIpc) is 3.16. The van der Waals surface area contributed by atoms with Crippen LogP contribution in [-0.4, -0.2) is 56.5 Å². The van der Waals surface area contributed by atoms with E-state index < -0.39 is 11.8 Å². The SMILES string of the molecule is CCC1(C)CCC(C)(SC2CC(=O)N(CCN3C(=O)C=CC3=O)C2=O)C1. The highest BCUT2D eigenvalue weighted by atomic mass is 32.2. The van der Waals surface area contributed by atoms with Crippen molar-refractivity contribution in [3.8, 4) is 0 Å². The summed E-state index contributed by atoms with van der Waals surface area (Å²) >= 11 is 1.64. The lowest BCUT2D eigenvalue weighted by atomic mass is 9.85. The van der Waals surface area contributed by atoms with Crippen LogP contribution in [0.4, 0.5) is 0 Å². The van der Waals surface area contributed by atoms with E-state index in [0.717, 1.165) is 30.6 Å². The van der Waals surface area contributed by atoms with Gasteiger partial charge in [0.15, 0.2) is 0 Å². The van der Waals surface area contributed by atoms with Gasteiger partial charge in [0.1, 0.15) is 0 Å². The fourth-order valence-electron chi connectivity index (χ4n) is 4.22. The molecule has 142 valence electrons. The van der Waals surface area contributed by atoms with Gasteiger partial charge in [0.2, 0.25) is 11.8 Å². The molecule has 4 amide bonds. The Balaban J connectivity index is 1.59. The lowest BCUT2D eigenvalue weighted by Crippen LogP contribution is -2.41. The van der Waals surface area contributed by atoms with Crippen molar-refractivity contribution in [2.45, 2.75) is 62.9 Å². The first-order valence-electron chi connectivity index (χ1n) is 9.22. The molecule has 6 nitrogen and oxygen atoms in total. The fourth-order valence-corrected chi connectivity index (χ4v) is 6.02. The van der Waals surface area contributed by atoms with E-state index in [4.69, 9.17) is 0 Å². The van der Waals surface area contributed by atoms with Crippen molar-refractivity contribution >= 4 is 35.4 Å². The number of amides is 4. The Kier molecular flexibility index (Phi) is 5.03. The summed E-state index contributed by atoms with van der Waals surface area (Å²) in [5.41, 5.74) is 0.316. The van der Waals surface area contributed by atoms with Crippen molar-refractivity contribution in [3.63, 3.8) is 0 Å². The van der Waals surface area contributed by atoms with Gasteiger partial charge in [-0.2, -0.15) is 0 Å². The molecule has 26 heavy (non-hydrogen) atoms. The molecule has 2 fully saturated rings. The van der Waals surface area contributed by atoms with E-state index in [1.165, 1.54) is 17.1 Å².